The molecule has 3 N–H and O–H groups in total. The first-order chi connectivity index (χ1) is 3.68. The van der Waals surface area contributed by atoms with Gasteiger partial charge in [-0.3, -0.25) is 4.79 Å². The predicted octanol–water partition coefficient (Wildman–Crippen LogP) is 0.0476. The zero-order valence-corrected chi connectivity index (χ0v) is 7.39. The molecule has 1 atom stereocenters. The van der Waals surface area contributed by atoms with E-state index in [2.05, 4.69) is 5.32 Å². The number of carbonyl (C=O) groups is 1. The van der Waals surface area contributed by atoms with Crippen molar-refractivity contribution in [1.82, 2.24) is 5.32 Å². The van der Waals surface area contributed by atoms with Crippen molar-refractivity contribution in [2.75, 3.05) is 6.54 Å². The summed E-state index contributed by atoms with van der Waals surface area (Å²) in [6.45, 7) is 4.45. The lowest BCUT2D eigenvalue weighted by molar-refractivity contribution is -0.119. The van der Waals surface area contributed by atoms with Gasteiger partial charge in [0.2, 0.25) is 5.91 Å². The molecular weight excluding hydrogens is 184 g/mol. The van der Waals surface area contributed by atoms with E-state index in [0.717, 1.165) is 6.54 Å². The number of hydrogen-bond acceptors (Lipinski definition) is 2. The monoisotopic (exact) mass is 196 g/mol. The Morgan fingerprint density at radius 2 is 2.22 bits per heavy atom. The number of rotatable bonds is 3. The standard InChI is InChI=1S/C5H12N2O.BrH/c1-3-7-4(2)5(6)8;/h4,7H,3H2,1-2H3,(H2,6,8);1H. The molecule has 0 aliphatic heterocycles. The average molecular weight is 197 g/mol. The number of amides is 1. The smallest absolute Gasteiger partial charge is 0.234 e. The number of carbonyl (C=O) groups excluding carboxylic acids is 1. The number of primary amides is 1. The first-order valence-electron chi connectivity index (χ1n) is 2.71. The minimum atomic E-state index is -0.299. The quantitative estimate of drug-likeness (QED) is 0.671. The highest BCUT2D eigenvalue weighted by Gasteiger charge is 2.03. The highest BCUT2D eigenvalue weighted by molar-refractivity contribution is 8.93. The molecule has 0 heterocycles. The SMILES string of the molecule is Br.CCNC(C)C(N)=O. The molecule has 0 aromatic carbocycles. The number of hydrogen-bond donors (Lipinski definition) is 2. The van der Waals surface area contributed by atoms with Gasteiger partial charge in [-0.2, -0.15) is 0 Å². The summed E-state index contributed by atoms with van der Waals surface area (Å²) < 4.78 is 0. The van der Waals surface area contributed by atoms with Gasteiger partial charge >= 0.3 is 0 Å². The molecule has 0 spiro atoms. The van der Waals surface area contributed by atoms with Crippen LogP contribution >= 0.6 is 17.0 Å². The van der Waals surface area contributed by atoms with Crippen LogP contribution in [0.25, 0.3) is 0 Å². The molecule has 4 heteroatoms. The van der Waals surface area contributed by atoms with Crippen LogP contribution in [0.1, 0.15) is 13.8 Å². The molecule has 0 aromatic rings. The molecule has 9 heavy (non-hydrogen) atoms. The summed E-state index contributed by atoms with van der Waals surface area (Å²) in [6, 6.07) is -0.194. The molecule has 0 rings (SSSR count). The number of nitrogens with one attached hydrogen (secondary N) is 1. The molecule has 0 aliphatic rings. The summed E-state index contributed by atoms with van der Waals surface area (Å²) in [5, 5.41) is 2.87. The van der Waals surface area contributed by atoms with E-state index in [1.807, 2.05) is 6.92 Å². The van der Waals surface area contributed by atoms with Crippen molar-refractivity contribution in [2.45, 2.75) is 19.9 Å². The van der Waals surface area contributed by atoms with Gasteiger partial charge in [0.15, 0.2) is 0 Å². The van der Waals surface area contributed by atoms with Crippen molar-refractivity contribution in [3.8, 4) is 0 Å². The third-order valence-electron chi connectivity index (χ3n) is 0.937. The minimum absolute atomic E-state index is 0. The molecule has 0 saturated carbocycles. The second-order valence-corrected chi connectivity index (χ2v) is 1.68. The predicted molar refractivity (Wildman–Crippen MR) is 42.7 cm³/mol. The molecule has 56 valence electrons. The fraction of sp³-hybridized carbons (Fsp3) is 0.800. The Labute approximate surface area is 65.8 Å². The van der Waals surface area contributed by atoms with Crippen LogP contribution in [0.2, 0.25) is 0 Å². The van der Waals surface area contributed by atoms with Gasteiger partial charge in [-0.1, -0.05) is 6.92 Å². The maximum atomic E-state index is 10.2. The van der Waals surface area contributed by atoms with E-state index < -0.39 is 0 Å². The summed E-state index contributed by atoms with van der Waals surface area (Å²) in [4.78, 5) is 10.2. The Kier molecular flexibility index (Phi) is 7.83. The van der Waals surface area contributed by atoms with Gasteiger partial charge < -0.3 is 11.1 Å². The van der Waals surface area contributed by atoms with Gasteiger partial charge in [-0.25, -0.2) is 0 Å². The van der Waals surface area contributed by atoms with Crippen LogP contribution in [0.4, 0.5) is 0 Å². The molecule has 0 bridgehead atoms. The van der Waals surface area contributed by atoms with Crippen molar-refractivity contribution in [2.24, 2.45) is 5.73 Å². The van der Waals surface area contributed by atoms with Crippen LogP contribution in [-0.2, 0) is 4.79 Å². The Balaban J connectivity index is 0. The van der Waals surface area contributed by atoms with Crippen LogP contribution in [0, 0.1) is 0 Å². The van der Waals surface area contributed by atoms with Crippen LogP contribution in [0.3, 0.4) is 0 Å². The highest BCUT2D eigenvalue weighted by atomic mass is 79.9. The van der Waals surface area contributed by atoms with Gasteiger partial charge in [0.25, 0.3) is 0 Å². The summed E-state index contributed by atoms with van der Waals surface area (Å²) >= 11 is 0. The van der Waals surface area contributed by atoms with E-state index in [9.17, 15) is 4.79 Å². The Hall–Kier alpha value is -0.0900. The molecule has 1 amide bonds. The molecule has 0 aliphatic carbocycles. The maximum Gasteiger partial charge on any atom is 0.234 e. The third-order valence-corrected chi connectivity index (χ3v) is 0.937. The van der Waals surface area contributed by atoms with E-state index in [1.54, 1.807) is 6.92 Å². The van der Waals surface area contributed by atoms with Crippen molar-refractivity contribution in [3.63, 3.8) is 0 Å². The summed E-state index contributed by atoms with van der Waals surface area (Å²) in [5.41, 5.74) is 4.92. The zero-order chi connectivity index (χ0) is 6.57. The lowest BCUT2D eigenvalue weighted by atomic mass is 10.3. The fourth-order valence-corrected chi connectivity index (χ4v) is 0.407. The molecular formula is C5H13BrN2O. The van der Waals surface area contributed by atoms with Crippen molar-refractivity contribution >= 4 is 22.9 Å². The fourth-order valence-electron chi connectivity index (χ4n) is 0.407. The first kappa shape index (κ1) is 11.7. The lowest BCUT2D eigenvalue weighted by Gasteiger charge is -2.05. The van der Waals surface area contributed by atoms with Gasteiger partial charge in [0.05, 0.1) is 6.04 Å². The number of halogens is 1. The highest BCUT2D eigenvalue weighted by Crippen LogP contribution is 1.74. The summed E-state index contributed by atoms with van der Waals surface area (Å²) in [7, 11) is 0. The Morgan fingerprint density at radius 3 is 2.33 bits per heavy atom. The lowest BCUT2D eigenvalue weighted by Crippen LogP contribution is -2.38. The van der Waals surface area contributed by atoms with Gasteiger partial charge in [-0.05, 0) is 13.5 Å². The second-order valence-electron chi connectivity index (χ2n) is 1.68. The van der Waals surface area contributed by atoms with Crippen LogP contribution in [0.15, 0.2) is 0 Å². The Bertz CT molecular complexity index is 87.0. The summed E-state index contributed by atoms with van der Waals surface area (Å²) in [6.07, 6.45) is 0. The normalized spacial score (nSPS) is 11.8. The first-order valence-corrected chi connectivity index (χ1v) is 2.71. The maximum absolute atomic E-state index is 10.2. The van der Waals surface area contributed by atoms with Gasteiger partial charge in [-0.15, -0.1) is 17.0 Å². The van der Waals surface area contributed by atoms with Crippen molar-refractivity contribution in [1.29, 1.82) is 0 Å². The molecule has 1 unspecified atom stereocenters. The van der Waals surface area contributed by atoms with E-state index in [4.69, 9.17) is 5.73 Å². The number of nitrogens with two attached hydrogens (primary N) is 1. The average Bonchev–Trinajstić information content (AvgIpc) is 1.67. The van der Waals surface area contributed by atoms with E-state index in [1.165, 1.54) is 0 Å². The second kappa shape index (κ2) is 6.04. The molecule has 0 aromatic heterocycles. The molecule has 0 saturated heterocycles. The van der Waals surface area contributed by atoms with Crippen LogP contribution in [0.5, 0.6) is 0 Å². The van der Waals surface area contributed by atoms with Crippen molar-refractivity contribution in [3.05, 3.63) is 0 Å². The summed E-state index contributed by atoms with van der Waals surface area (Å²) in [5.74, 6) is -0.299. The topological polar surface area (TPSA) is 55.1 Å². The Morgan fingerprint density at radius 1 is 1.78 bits per heavy atom. The number of likely N-dealkylation sites (N-methyl/N-ethyl adjacent to an activating group) is 1. The molecule has 3 nitrogen and oxygen atoms in total. The van der Waals surface area contributed by atoms with Gasteiger partial charge in [0, 0.05) is 0 Å². The van der Waals surface area contributed by atoms with Crippen LogP contribution < -0.4 is 11.1 Å². The largest absolute Gasteiger partial charge is 0.368 e. The zero-order valence-electron chi connectivity index (χ0n) is 5.68. The third kappa shape index (κ3) is 5.79. The molecule has 0 fully saturated rings. The van der Waals surface area contributed by atoms with E-state index in [0.29, 0.717) is 0 Å². The van der Waals surface area contributed by atoms with Crippen molar-refractivity contribution < 1.29 is 4.79 Å². The van der Waals surface area contributed by atoms with Crippen LogP contribution in [-0.4, -0.2) is 18.5 Å². The molecule has 0 radical (unpaired) electrons. The van der Waals surface area contributed by atoms with E-state index in [-0.39, 0.29) is 28.9 Å². The minimum Gasteiger partial charge on any atom is -0.368 e. The van der Waals surface area contributed by atoms with Gasteiger partial charge in [0.1, 0.15) is 0 Å². The van der Waals surface area contributed by atoms with E-state index >= 15 is 0 Å².